The molecule has 1 aromatic rings. The van der Waals surface area contributed by atoms with Crippen LogP contribution in [0.1, 0.15) is 57.3 Å². The molecule has 0 bridgehead atoms. The second-order valence-electron chi connectivity index (χ2n) is 8.77. The van der Waals surface area contributed by atoms with Crippen molar-refractivity contribution in [3.63, 3.8) is 0 Å². The summed E-state index contributed by atoms with van der Waals surface area (Å²) in [6.07, 6.45) is 1.96. The van der Waals surface area contributed by atoms with Crippen molar-refractivity contribution in [2.45, 2.75) is 53.0 Å². The van der Waals surface area contributed by atoms with E-state index in [1.165, 1.54) is 0 Å². The summed E-state index contributed by atoms with van der Waals surface area (Å²) in [5.74, 6) is 0.467. The average molecular weight is 402 g/mol. The molecule has 1 aliphatic heterocycles. The third-order valence-corrected chi connectivity index (χ3v) is 5.24. The zero-order valence-electron chi connectivity index (χ0n) is 18.1. The van der Waals surface area contributed by atoms with Crippen LogP contribution in [0, 0.1) is 17.8 Å². The highest BCUT2D eigenvalue weighted by Crippen LogP contribution is 2.23. The van der Waals surface area contributed by atoms with Crippen LogP contribution in [0.3, 0.4) is 0 Å². The normalized spacial score (nSPS) is 16.0. The van der Waals surface area contributed by atoms with Crippen LogP contribution in [-0.4, -0.2) is 48.3 Å². The molecule has 1 atom stereocenters. The van der Waals surface area contributed by atoms with Gasteiger partial charge in [-0.25, -0.2) is 0 Å². The Labute approximate surface area is 174 Å². The van der Waals surface area contributed by atoms with Gasteiger partial charge in [-0.15, -0.1) is 0 Å². The van der Waals surface area contributed by atoms with Gasteiger partial charge in [0.2, 0.25) is 11.8 Å². The van der Waals surface area contributed by atoms with E-state index in [0.717, 1.165) is 0 Å². The van der Waals surface area contributed by atoms with Crippen molar-refractivity contribution in [2.75, 3.05) is 19.6 Å². The number of hydrogen-bond donors (Lipinski definition) is 2. The standard InChI is InChI=1S/C23H35N3O3/c1-16(2)14-20(27)26-12-10-18(11-13-26)21(23(29)24-15-17(3)4)25-22(28)19-8-6-5-7-9-19/h5-9,16-18,21H,10-15H2,1-4H3,(H,24,29)(H,25,28)/t21-/m1/s1. The lowest BCUT2D eigenvalue weighted by atomic mass is 9.88. The lowest BCUT2D eigenvalue weighted by Crippen LogP contribution is -2.54. The van der Waals surface area contributed by atoms with E-state index in [-0.39, 0.29) is 23.6 Å². The first-order chi connectivity index (χ1) is 13.8. The SMILES string of the molecule is CC(C)CNC(=O)[C@H](NC(=O)c1ccccc1)C1CCN(C(=O)CC(C)C)CC1. The Morgan fingerprint density at radius 2 is 1.62 bits per heavy atom. The van der Waals surface area contributed by atoms with Crippen molar-refractivity contribution in [1.82, 2.24) is 15.5 Å². The Morgan fingerprint density at radius 3 is 2.17 bits per heavy atom. The smallest absolute Gasteiger partial charge is 0.251 e. The van der Waals surface area contributed by atoms with Gasteiger partial charge in [-0.2, -0.15) is 0 Å². The van der Waals surface area contributed by atoms with Gasteiger partial charge in [0.25, 0.3) is 5.91 Å². The number of likely N-dealkylation sites (tertiary alicyclic amines) is 1. The van der Waals surface area contributed by atoms with Gasteiger partial charge in [0.05, 0.1) is 0 Å². The van der Waals surface area contributed by atoms with Crippen LogP contribution in [0.15, 0.2) is 30.3 Å². The van der Waals surface area contributed by atoms with Gasteiger partial charge in [-0.3, -0.25) is 14.4 Å². The molecule has 160 valence electrons. The molecule has 2 N–H and O–H groups in total. The summed E-state index contributed by atoms with van der Waals surface area (Å²) in [6.45, 7) is 9.99. The molecule has 3 amide bonds. The van der Waals surface area contributed by atoms with Crippen molar-refractivity contribution >= 4 is 17.7 Å². The monoisotopic (exact) mass is 401 g/mol. The van der Waals surface area contributed by atoms with E-state index >= 15 is 0 Å². The number of rotatable bonds is 8. The van der Waals surface area contributed by atoms with Crippen LogP contribution in [0.25, 0.3) is 0 Å². The number of nitrogens with zero attached hydrogens (tertiary/aromatic N) is 1. The maximum atomic E-state index is 12.9. The zero-order valence-corrected chi connectivity index (χ0v) is 18.1. The van der Waals surface area contributed by atoms with E-state index < -0.39 is 6.04 Å². The summed E-state index contributed by atoms with van der Waals surface area (Å²) in [7, 11) is 0. The summed E-state index contributed by atoms with van der Waals surface area (Å²) in [4.78, 5) is 39.8. The maximum Gasteiger partial charge on any atom is 0.251 e. The molecule has 0 unspecified atom stereocenters. The summed E-state index contributed by atoms with van der Waals surface area (Å²) in [5, 5.41) is 5.91. The van der Waals surface area contributed by atoms with E-state index in [1.54, 1.807) is 12.1 Å². The minimum Gasteiger partial charge on any atom is -0.354 e. The van der Waals surface area contributed by atoms with Gasteiger partial charge in [0.15, 0.2) is 0 Å². The van der Waals surface area contributed by atoms with E-state index in [2.05, 4.69) is 10.6 Å². The molecule has 1 aliphatic rings. The number of amides is 3. The van der Waals surface area contributed by atoms with Gasteiger partial charge < -0.3 is 15.5 Å². The number of hydrogen-bond acceptors (Lipinski definition) is 3. The van der Waals surface area contributed by atoms with Crippen molar-refractivity contribution in [2.24, 2.45) is 17.8 Å². The Kier molecular flexibility index (Phi) is 8.68. The minimum absolute atomic E-state index is 0.0120. The van der Waals surface area contributed by atoms with Gasteiger partial charge >= 0.3 is 0 Å². The van der Waals surface area contributed by atoms with E-state index in [1.807, 2.05) is 50.8 Å². The minimum atomic E-state index is -0.594. The molecule has 0 aromatic heterocycles. The molecular weight excluding hydrogens is 366 g/mol. The maximum absolute atomic E-state index is 12.9. The predicted octanol–water partition coefficient (Wildman–Crippen LogP) is 2.84. The van der Waals surface area contributed by atoms with E-state index in [0.29, 0.717) is 56.3 Å². The average Bonchev–Trinajstić information content (AvgIpc) is 2.70. The van der Waals surface area contributed by atoms with Crippen LogP contribution in [0.4, 0.5) is 0 Å². The lowest BCUT2D eigenvalue weighted by molar-refractivity contribution is -0.133. The fraction of sp³-hybridized carbons (Fsp3) is 0.609. The molecule has 1 heterocycles. The second kappa shape index (κ2) is 11.0. The van der Waals surface area contributed by atoms with Gasteiger partial charge in [0, 0.05) is 31.6 Å². The molecule has 29 heavy (non-hydrogen) atoms. The van der Waals surface area contributed by atoms with Crippen LogP contribution >= 0.6 is 0 Å². The molecule has 6 nitrogen and oxygen atoms in total. The Balaban J connectivity index is 2.04. The molecule has 0 aliphatic carbocycles. The molecule has 6 heteroatoms. The van der Waals surface area contributed by atoms with Crippen molar-refractivity contribution in [3.05, 3.63) is 35.9 Å². The van der Waals surface area contributed by atoms with Crippen molar-refractivity contribution in [1.29, 1.82) is 0 Å². The summed E-state index contributed by atoms with van der Waals surface area (Å²) in [5.41, 5.74) is 0.540. The summed E-state index contributed by atoms with van der Waals surface area (Å²) < 4.78 is 0. The van der Waals surface area contributed by atoms with Crippen LogP contribution in [0.2, 0.25) is 0 Å². The summed E-state index contributed by atoms with van der Waals surface area (Å²) in [6, 6.07) is 8.36. The number of piperidine rings is 1. The highest BCUT2D eigenvalue weighted by Gasteiger charge is 2.34. The fourth-order valence-corrected chi connectivity index (χ4v) is 3.59. The quantitative estimate of drug-likeness (QED) is 0.703. The fourth-order valence-electron chi connectivity index (χ4n) is 3.59. The Morgan fingerprint density at radius 1 is 1.00 bits per heavy atom. The van der Waals surface area contributed by atoms with Crippen LogP contribution in [-0.2, 0) is 9.59 Å². The number of carbonyl (C=O) groups is 3. The molecule has 0 spiro atoms. The van der Waals surface area contributed by atoms with Crippen LogP contribution < -0.4 is 10.6 Å². The Hall–Kier alpha value is -2.37. The van der Waals surface area contributed by atoms with Gasteiger partial charge in [0.1, 0.15) is 6.04 Å². The third kappa shape index (κ3) is 7.18. The van der Waals surface area contributed by atoms with E-state index in [9.17, 15) is 14.4 Å². The molecule has 1 fully saturated rings. The van der Waals surface area contributed by atoms with Crippen molar-refractivity contribution < 1.29 is 14.4 Å². The zero-order chi connectivity index (χ0) is 21.4. The predicted molar refractivity (Wildman–Crippen MR) is 114 cm³/mol. The highest BCUT2D eigenvalue weighted by atomic mass is 16.2. The molecular formula is C23H35N3O3. The topological polar surface area (TPSA) is 78.5 Å². The first kappa shape index (κ1) is 22.9. The molecule has 1 aromatic carbocycles. The Bertz CT molecular complexity index is 680. The first-order valence-corrected chi connectivity index (χ1v) is 10.7. The van der Waals surface area contributed by atoms with Gasteiger partial charge in [-0.1, -0.05) is 45.9 Å². The third-order valence-electron chi connectivity index (χ3n) is 5.24. The summed E-state index contributed by atoms with van der Waals surface area (Å²) >= 11 is 0. The van der Waals surface area contributed by atoms with Gasteiger partial charge in [-0.05, 0) is 42.7 Å². The molecule has 0 radical (unpaired) electrons. The van der Waals surface area contributed by atoms with Crippen molar-refractivity contribution in [3.8, 4) is 0 Å². The number of carbonyl (C=O) groups excluding carboxylic acids is 3. The largest absolute Gasteiger partial charge is 0.354 e. The number of benzene rings is 1. The van der Waals surface area contributed by atoms with E-state index in [4.69, 9.17) is 0 Å². The van der Waals surface area contributed by atoms with Crippen LogP contribution in [0.5, 0.6) is 0 Å². The molecule has 1 saturated heterocycles. The number of nitrogens with one attached hydrogen (secondary N) is 2. The highest BCUT2D eigenvalue weighted by molar-refractivity contribution is 5.97. The molecule has 2 rings (SSSR count). The second-order valence-corrected chi connectivity index (χ2v) is 8.77. The molecule has 0 saturated carbocycles. The lowest BCUT2D eigenvalue weighted by Gasteiger charge is -2.36. The first-order valence-electron chi connectivity index (χ1n) is 10.7.